The van der Waals surface area contributed by atoms with Gasteiger partial charge in [-0.05, 0) is 26.0 Å². The Morgan fingerprint density at radius 2 is 2.08 bits per heavy atom. The summed E-state index contributed by atoms with van der Waals surface area (Å²) in [5, 5.41) is 10.7. The summed E-state index contributed by atoms with van der Waals surface area (Å²) >= 11 is 0. The van der Waals surface area contributed by atoms with Crippen LogP contribution in [0.4, 0.5) is 22.4 Å². The maximum Gasteiger partial charge on any atom is 0.414 e. The van der Waals surface area contributed by atoms with E-state index in [1.807, 2.05) is 25.2 Å². The predicted molar refractivity (Wildman–Crippen MR) is 88.3 cm³/mol. The summed E-state index contributed by atoms with van der Waals surface area (Å²) in [6, 6.07) is 5.59. The summed E-state index contributed by atoms with van der Waals surface area (Å²) in [6.07, 6.45) is 4.15. The minimum Gasteiger partial charge on any atom is -0.447 e. The van der Waals surface area contributed by atoms with Crippen molar-refractivity contribution in [3.05, 3.63) is 36.8 Å². The van der Waals surface area contributed by atoms with Crippen LogP contribution in [0.1, 0.15) is 13.8 Å². The van der Waals surface area contributed by atoms with Gasteiger partial charge in [0, 0.05) is 25.6 Å². The Morgan fingerprint density at radius 1 is 1.25 bits per heavy atom. The molecule has 0 atom stereocenters. The third-order valence-corrected chi connectivity index (χ3v) is 3.18. The van der Waals surface area contributed by atoms with Crippen molar-refractivity contribution in [2.75, 3.05) is 17.3 Å². The smallest absolute Gasteiger partial charge is 0.414 e. The van der Waals surface area contributed by atoms with E-state index in [4.69, 9.17) is 4.74 Å². The van der Waals surface area contributed by atoms with Crippen LogP contribution in [0.5, 0.6) is 0 Å². The molecule has 3 heterocycles. The van der Waals surface area contributed by atoms with Crippen molar-refractivity contribution in [2.45, 2.75) is 20.0 Å². The quantitative estimate of drug-likeness (QED) is 0.784. The van der Waals surface area contributed by atoms with E-state index in [0.29, 0.717) is 11.5 Å². The maximum atomic E-state index is 11.8. The van der Waals surface area contributed by atoms with Gasteiger partial charge in [0.25, 0.3) is 0 Å². The number of anilines is 3. The standard InChI is InChI=1S/C15H17N7O2/c1-10(2)24-15(23)18-14-20-19-13-12(17-8-9-22(13)14)21(3)11-6-4-5-7-16-11/h4-10H,1-3H3,(H,18,20,23). The van der Waals surface area contributed by atoms with Gasteiger partial charge in [-0.25, -0.2) is 14.8 Å². The highest BCUT2D eigenvalue weighted by molar-refractivity contribution is 5.83. The molecule has 0 saturated heterocycles. The Labute approximate surface area is 138 Å². The summed E-state index contributed by atoms with van der Waals surface area (Å²) in [4.78, 5) is 22.2. The molecule has 3 aromatic rings. The van der Waals surface area contributed by atoms with E-state index in [1.54, 1.807) is 41.7 Å². The van der Waals surface area contributed by atoms with Crippen molar-refractivity contribution in [1.82, 2.24) is 24.6 Å². The minimum absolute atomic E-state index is 0.225. The molecule has 0 spiro atoms. The first-order chi connectivity index (χ1) is 11.6. The third kappa shape index (κ3) is 3.09. The molecule has 0 unspecified atom stereocenters. The predicted octanol–water partition coefficient (Wildman–Crippen LogP) is 2.24. The third-order valence-electron chi connectivity index (χ3n) is 3.18. The van der Waals surface area contributed by atoms with Crippen LogP contribution in [-0.4, -0.2) is 43.8 Å². The first kappa shape index (κ1) is 15.7. The van der Waals surface area contributed by atoms with Crippen LogP contribution in [0.3, 0.4) is 0 Å². The van der Waals surface area contributed by atoms with Crippen LogP contribution in [0, 0.1) is 0 Å². The number of carbonyl (C=O) groups is 1. The molecule has 0 fully saturated rings. The maximum absolute atomic E-state index is 11.8. The highest BCUT2D eigenvalue weighted by Gasteiger charge is 2.17. The van der Waals surface area contributed by atoms with Crippen LogP contribution >= 0.6 is 0 Å². The number of amides is 1. The van der Waals surface area contributed by atoms with Gasteiger partial charge in [-0.2, -0.15) is 0 Å². The first-order valence-electron chi connectivity index (χ1n) is 7.38. The Balaban J connectivity index is 1.93. The van der Waals surface area contributed by atoms with E-state index in [1.165, 1.54) is 0 Å². The zero-order chi connectivity index (χ0) is 17.1. The van der Waals surface area contributed by atoms with Crippen molar-refractivity contribution in [3.63, 3.8) is 0 Å². The number of pyridine rings is 1. The van der Waals surface area contributed by atoms with Gasteiger partial charge in [-0.3, -0.25) is 9.72 Å². The van der Waals surface area contributed by atoms with E-state index in [2.05, 4.69) is 25.5 Å². The molecule has 3 aromatic heterocycles. The number of fused-ring (bicyclic) bond motifs is 1. The molecule has 0 radical (unpaired) electrons. The fraction of sp³-hybridized carbons (Fsp3) is 0.267. The number of aromatic nitrogens is 5. The van der Waals surface area contributed by atoms with Gasteiger partial charge >= 0.3 is 6.09 Å². The van der Waals surface area contributed by atoms with E-state index in [0.717, 1.165) is 5.82 Å². The summed E-state index contributed by atoms with van der Waals surface area (Å²) in [5.74, 6) is 1.54. The average molecular weight is 327 g/mol. The Kier molecular flexibility index (Phi) is 4.23. The fourth-order valence-corrected chi connectivity index (χ4v) is 2.13. The molecule has 0 bridgehead atoms. The van der Waals surface area contributed by atoms with Crippen molar-refractivity contribution in [3.8, 4) is 0 Å². The van der Waals surface area contributed by atoms with Crippen LogP contribution in [0.25, 0.3) is 5.65 Å². The van der Waals surface area contributed by atoms with Crippen molar-refractivity contribution >= 4 is 29.3 Å². The lowest BCUT2D eigenvalue weighted by Crippen LogP contribution is -2.19. The minimum atomic E-state index is -0.587. The summed E-state index contributed by atoms with van der Waals surface area (Å²) in [7, 11) is 1.83. The summed E-state index contributed by atoms with van der Waals surface area (Å²) < 4.78 is 6.68. The van der Waals surface area contributed by atoms with Gasteiger partial charge in [0.15, 0.2) is 5.82 Å². The van der Waals surface area contributed by atoms with Crippen LogP contribution < -0.4 is 10.2 Å². The molecule has 0 aliphatic heterocycles. The molecule has 9 nitrogen and oxygen atoms in total. The Hall–Kier alpha value is -3.23. The second kappa shape index (κ2) is 6.49. The highest BCUT2D eigenvalue weighted by atomic mass is 16.6. The molecule has 0 aromatic carbocycles. The fourth-order valence-electron chi connectivity index (χ4n) is 2.13. The number of hydrogen-bond acceptors (Lipinski definition) is 7. The Bertz CT molecular complexity index is 847. The number of hydrogen-bond donors (Lipinski definition) is 1. The largest absolute Gasteiger partial charge is 0.447 e. The van der Waals surface area contributed by atoms with Crippen molar-refractivity contribution < 1.29 is 9.53 Å². The van der Waals surface area contributed by atoms with Gasteiger partial charge in [-0.15, -0.1) is 10.2 Å². The topological polar surface area (TPSA) is 97.5 Å². The van der Waals surface area contributed by atoms with Gasteiger partial charge in [0.2, 0.25) is 11.6 Å². The van der Waals surface area contributed by atoms with Crippen molar-refractivity contribution in [2.24, 2.45) is 0 Å². The molecule has 0 aliphatic carbocycles. The summed E-state index contributed by atoms with van der Waals surface area (Å²) in [6.45, 7) is 3.54. The number of carbonyl (C=O) groups excluding carboxylic acids is 1. The summed E-state index contributed by atoms with van der Waals surface area (Å²) in [5.41, 5.74) is 0.491. The van der Waals surface area contributed by atoms with Gasteiger partial charge in [0.05, 0.1) is 6.10 Å². The van der Waals surface area contributed by atoms with Crippen LogP contribution in [-0.2, 0) is 4.74 Å². The monoisotopic (exact) mass is 327 g/mol. The zero-order valence-electron chi connectivity index (χ0n) is 13.5. The van der Waals surface area contributed by atoms with Gasteiger partial charge in [0.1, 0.15) is 5.82 Å². The molecule has 0 aliphatic rings. The molecule has 1 N–H and O–H groups in total. The average Bonchev–Trinajstić information content (AvgIpc) is 2.97. The number of ether oxygens (including phenoxy) is 1. The SMILES string of the molecule is CC(C)OC(=O)Nc1nnc2c(N(C)c3ccccn3)nccn12. The number of rotatable bonds is 4. The number of nitrogens with one attached hydrogen (secondary N) is 1. The Morgan fingerprint density at radius 3 is 2.79 bits per heavy atom. The van der Waals surface area contributed by atoms with E-state index >= 15 is 0 Å². The van der Waals surface area contributed by atoms with Crippen molar-refractivity contribution in [1.29, 1.82) is 0 Å². The van der Waals surface area contributed by atoms with Gasteiger partial charge in [-0.1, -0.05) is 6.07 Å². The first-order valence-corrected chi connectivity index (χ1v) is 7.38. The molecule has 3 rings (SSSR count). The lowest BCUT2D eigenvalue weighted by Gasteiger charge is -2.17. The van der Waals surface area contributed by atoms with Crippen LogP contribution in [0.15, 0.2) is 36.8 Å². The molecule has 9 heteroatoms. The second-order valence-electron chi connectivity index (χ2n) is 5.29. The van der Waals surface area contributed by atoms with Gasteiger partial charge < -0.3 is 9.64 Å². The lowest BCUT2D eigenvalue weighted by molar-refractivity contribution is 0.129. The van der Waals surface area contributed by atoms with E-state index < -0.39 is 6.09 Å². The van der Waals surface area contributed by atoms with Crippen LogP contribution in [0.2, 0.25) is 0 Å². The lowest BCUT2D eigenvalue weighted by atomic mass is 10.4. The number of nitrogens with zero attached hydrogens (tertiary/aromatic N) is 6. The zero-order valence-corrected chi connectivity index (χ0v) is 13.5. The van der Waals surface area contributed by atoms with E-state index in [-0.39, 0.29) is 12.1 Å². The second-order valence-corrected chi connectivity index (χ2v) is 5.29. The molecular formula is C15H17N7O2. The molecule has 0 saturated carbocycles. The highest BCUT2D eigenvalue weighted by Crippen LogP contribution is 2.23. The normalized spacial score (nSPS) is 10.8. The molecule has 24 heavy (non-hydrogen) atoms. The molecule has 1 amide bonds. The molecular weight excluding hydrogens is 310 g/mol. The van der Waals surface area contributed by atoms with E-state index in [9.17, 15) is 4.79 Å². The molecule has 124 valence electrons.